The maximum Gasteiger partial charge on any atom is 0.327 e. The minimum atomic E-state index is -0.620. The predicted octanol–water partition coefficient (Wildman–Crippen LogP) is 0.562. The van der Waals surface area contributed by atoms with Crippen molar-refractivity contribution in [3.63, 3.8) is 0 Å². The van der Waals surface area contributed by atoms with Crippen LogP contribution in [0.5, 0.6) is 11.5 Å². The van der Waals surface area contributed by atoms with Crippen molar-refractivity contribution in [1.29, 1.82) is 0 Å². The van der Waals surface area contributed by atoms with Crippen LogP contribution in [0.15, 0.2) is 21.7 Å². The maximum absolute atomic E-state index is 11.8. The van der Waals surface area contributed by atoms with Gasteiger partial charge < -0.3 is 15.2 Å². The van der Waals surface area contributed by atoms with Crippen LogP contribution in [-0.4, -0.2) is 24.2 Å². The van der Waals surface area contributed by atoms with Crippen molar-refractivity contribution in [2.24, 2.45) is 0 Å². The van der Waals surface area contributed by atoms with Crippen molar-refractivity contribution >= 4 is 5.82 Å². The summed E-state index contributed by atoms with van der Waals surface area (Å²) in [4.78, 5) is 27.5. The molecule has 0 saturated carbocycles. The number of nitrogen functional groups attached to an aromatic ring is 1. The van der Waals surface area contributed by atoms with Gasteiger partial charge in [-0.1, -0.05) is 0 Å². The Morgan fingerprint density at radius 2 is 1.71 bits per heavy atom. The van der Waals surface area contributed by atoms with Gasteiger partial charge in [-0.25, -0.2) is 4.79 Å². The monoisotopic (exact) mass is 291 g/mol. The number of ether oxygens (including phenoxy) is 2. The molecule has 7 heteroatoms. The van der Waals surface area contributed by atoms with E-state index in [0.29, 0.717) is 17.1 Å². The van der Waals surface area contributed by atoms with Crippen LogP contribution < -0.4 is 26.5 Å². The van der Waals surface area contributed by atoms with Crippen molar-refractivity contribution in [2.45, 2.75) is 13.3 Å². The van der Waals surface area contributed by atoms with Gasteiger partial charge in [0.05, 0.1) is 19.8 Å². The molecule has 112 valence electrons. The second kappa shape index (κ2) is 5.74. The largest absolute Gasteiger partial charge is 0.493 e. The molecule has 0 aliphatic rings. The lowest BCUT2D eigenvalue weighted by molar-refractivity contribution is 0.354. The van der Waals surface area contributed by atoms with Gasteiger partial charge in [0.2, 0.25) is 0 Å². The first-order chi connectivity index (χ1) is 9.96. The molecular formula is C14H17N3O4. The number of rotatable bonds is 4. The van der Waals surface area contributed by atoms with Gasteiger partial charge >= 0.3 is 5.69 Å². The molecule has 1 heterocycles. The molecule has 0 fully saturated rings. The normalized spacial score (nSPS) is 10.4. The summed E-state index contributed by atoms with van der Waals surface area (Å²) < 4.78 is 10.5. The van der Waals surface area contributed by atoms with Crippen LogP contribution in [-0.2, 0) is 6.42 Å². The lowest BCUT2D eigenvalue weighted by Gasteiger charge is -2.13. The molecule has 0 bridgehead atoms. The first-order valence-electron chi connectivity index (χ1n) is 6.28. The van der Waals surface area contributed by atoms with Gasteiger partial charge in [-0.15, -0.1) is 0 Å². The minimum absolute atomic E-state index is 0.0675. The topological polar surface area (TPSA) is 110 Å². The zero-order valence-electron chi connectivity index (χ0n) is 12.1. The fourth-order valence-electron chi connectivity index (χ4n) is 2.11. The number of nitrogens with one attached hydrogen (secondary N) is 2. The summed E-state index contributed by atoms with van der Waals surface area (Å²) in [6.07, 6.45) is 0.282. The molecule has 7 nitrogen and oxygen atoms in total. The number of benzene rings is 1. The zero-order chi connectivity index (χ0) is 15.6. The summed E-state index contributed by atoms with van der Waals surface area (Å²) in [5, 5.41) is 0. The van der Waals surface area contributed by atoms with Gasteiger partial charge in [-0.2, -0.15) is 0 Å². The molecule has 0 radical (unpaired) electrons. The number of hydrogen-bond donors (Lipinski definition) is 3. The lowest BCUT2D eigenvalue weighted by Crippen LogP contribution is -2.27. The van der Waals surface area contributed by atoms with Crippen LogP contribution in [0.1, 0.15) is 16.7 Å². The molecule has 21 heavy (non-hydrogen) atoms. The van der Waals surface area contributed by atoms with Crippen molar-refractivity contribution in [3.8, 4) is 11.5 Å². The van der Waals surface area contributed by atoms with E-state index in [9.17, 15) is 9.59 Å². The summed E-state index contributed by atoms with van der Waals surface area (Å²) in [5.74, 6) is 1.25. The van der Waals surface area contributed by atoms with Crippen molar-refractivity contribution in [2.75, 3.05) is 20.0 Å². The molecular weight excluding hydrogens is 274 g/mol. The van der Waals surface area contributed by atoms with Crippen LogP contribution in [0, 0.1) is 6.92 Å². The quantitative estimate of drug-likeness (QED) is 0.762. The average Bonchev–Trinajstić information content (AvgIpc) is 2.43. The van der Waals surface area contributed by atoms with Crippen LogP contribution in [0.25, 0.3) is 0 Å². The van der Waals surface area contributed by atoms with Gasteiger partial charge in [-0.3, -0.25) is 14.8 Å². The summed E-state index contributed by atoms with van der Waals surface area (Å²) in [5.41, 5.74) is 6.70. The third kappa shape index (κ3) is 2.91. The van der Waals surface area contributed by atoms with Crippen molar-refractivity contribution in [3.05, 3.63) is 49.7 Å². The highest BCUT2D eigenvalue weighted by Gasteiger charge is 2.13. The molecule has 2 rings (SSSR count). The Morgan fingerprint density at radius 3 is 2.29 bits per heavy atom. The van der Waals surface area contributed by atoms with Gasteiger partial charge in [-0.05, 0) is 30.2 Å². The third-order valence-electron chi connectivity index (χ3n) is 3.28. The number of methoxy groups -OCH3 is 2. The van der Waals surface area contributed by atoms with E-state index in [1.165, 1.54) is 7.11 Å². The van der Waals surface area contributed by atoms with Crippen LogP contribution in [0.3, 0.4) is 0 Å². The molecule has 0 aliphatic carbocycles. The number of aromatic amines is 2. The number of aromatic nitrogens is 2. The Morgan fingerprint density at radius 1 is 1.10 bits per heavy atom. The Bertz CT molecular complexity index is 777. The number of nitrogens with two attached hydrogens (primary N) is 1. The number of anilines is 1. The van der Waals surface area contributed by atoms with E-state index in [4.69, 9.17) is 15.2 Å². The summed E-state index contributed by atoms with van der Waals surface area (Å²) in [6.45, 7) is 1.90. The van der Waals surface area contributed by atoms with Crippen molar-refractivity contribution in [1.82, 2.24) is 9.97 Å². The first kappa shape index (κ1) is 14.7. The van der Waals surface area contributed by atoms with E-state index in [1.807, 2.05) is 13.0 Å². The second-order valence-electron chi connectivity index (χ2n) is 4.61. The Hall–Kier alpha value is -2.70. The van der Waals surface area contributed by atoms with Gasteiger partial charge in [0.15, 0.2) is 11.5 Å². The molecule has 0 unspecified atom stereocenters. The van der Waals surface area contributed by atoms with Gasteiger partial charge in [0.25, 0.3) is 5.56 Å². The standard InChI is InChI=1S/C14H17N3O4/c1-7-4-10(20-2)11(21-3)6-8(7)5-9-12(15)16-14(19)17-13(9)18/h4,6H,5H2,1-3H3,(H4,15,16,17,18,19). The average molecular weight is 291 g/mol. The number of H-pyrrole nitrogens is 2. The Kier molecular flexibility index (Phi) is 4.02. The highest BCUT2D eigenvalue weighted by molar-refractivity contribution is 5.50. The fourth-order valence-corrected chi connectivity index (χ4v) is 2.11. The molecule has 0 amide bonds. The first-order valence-corrected chi connectivity index (χ1v) is 6.28. The maximum atomic E-state index is 11.8. The summed E-state index contributed by atoms with van der Waals surface area (Å²) in [7, 11) is 3.10. The van der Waals surface area contributed by atoms with E-state index >= 15 is 0 Å². The zero-order valence-corrected chi connectivity index (χ0v) is 12.1. The molecule has 1 aromatic heterocycles. The van der Waals surface area contributed by atoms with Gasteiger partial charge in [0.1, 0.15) is 5.82 Å². The van der Waals surface area contributed by atoms with Gasteiger partial charge in [0, 0.05) is 6.42 Å². The number of aryl methyl sites for hydroxylation is 1. The molecule has 0 aliphatic heterocycles. The van der Waals surface area contributed by atoms with Crippen LogP contribution >= 0.6 is 0 Å². The molecule has 0 spiro atoms. The van der Waals surface area contributed by atoms with E-state index in [2.05, 4.69) is 9.97 Å². The van der Waals surface area contributed by atoms with E-state index in [-0.39, 0.29) is 12.2 Å². The lowest BCUT2D eigenvalue weighted by atomic mass is 10.0. The Balaban J connectivity index is 2.50. The fraction of sp³-hybridized carbons (Fsp3) is 0.286. The Labute approximate surface area is 120 Å². The molecule has 4 N–H and O–H groups in total. The summed E-state index contributed by atoms with van der Waals surface area (Å²) in [6, 6.07) is 3.61. The third-order valence-corrected chi connectivity index (χ3v) is 3.28. The number of hydrogen-bond acceptors (Lipinski definition) is 5. The predicted molar refractivity (Wildman–Crippen MR) is 79.2 cm³/mol. The highest BCUT2D eigenvalue weighted by Crippen LogP contribution is 2.31. The molecule has 2 aromatic rings. The molecule has 0 atom stereocenters. The van der Waals surface area contributed by atoms with E-state index in [0.717, 1.165) is 11.1 Å². The summed E-state index contributed by atoms with van der Waals surface area (Å²) >= 11 is 0. The minimum Gasteiger partial charge on any atom is -0.493 e. The highest BCUT2D eigenvalue weighted by atomic mass is 16.5. The van der Waals surface area contributed by atoms with E-state index < -0.39 is 11.2 Å². The molecule has 0 saturated heterocycles. The SMILES string of the molecule is COc1cc(C)c(Cc2c(N)[nH]c(=O)[nH]c2=O)cc1OC. The van der Waals surface area contributed by atoms with Crippen LogP contribution in [0.4, 0.5) is 5.82 Å². The van der Waals surface area contributed by atoms with Crippen molar-refractivity contribution < 1.29 is 9.47 Å². The smallest absolute Gasteiger partial charge is 0.327 e. The second-order valence-corrected chi connectivity index (χ2v) is 4.61. The molecule has 1 aromatic carbocycles. The van der Waals surface area contributed by atoms with Crippen LogP contribution in [0.2, 0.25) is 0 Å². The van der Waals surface area contributed by atoms with E-state index in [1.54, 1.807) is 13.2 Å².